The number of aliphatic hydroxyl groups is 4. The smallest absolute Gasteiger partial charge is 0.161 e. The maximum absolute atomic E-state index is 11.4. The van der Waals surface area contributed by atoms with Gasteiger partial charge >= 0.3 is 0 Å². The minimum atomic E-state index is -1.07. The van der Waals surface area contributed by atoms with Crippen LogP contribution in [0.2, 0.25) is 0 Å². The van der Waals surface area contributed by atoms with Crippen LogP contribution in [0.1, 0.15) is 70.7 Å². The van der Waals surface area contributed by atoms with E-state index in [2.05, 4.69) is 45.2 Å². The summed E-state index contributed by atoms with van der Waals surface area (Å²) in [4.78, 5) is 3.29. The Balaban J connectivity index is 1.32. The van der Waals surface area contributed by atoms with Crippen LogP contribution < -0.4 is 30.2 Å². The zero-order chi connectivity index (χ0) is 43.4. The molecule has 62 heavy (non-hydrogen) atoms. The van der Waals surface area contributed by atoms with Crippen molar-refractivity contribution in [3.05, 3.63) is 99.7 Å². The molecular weight excluding hydrogens is 793 g/mol. The predicted molar refractivity (Wildman–Crippen MR) is 235 cm³/mol. The molecule has 0 amide bonds. The van der Waals surface area contributed by atoms with Crippen molar-refractivity contribution in [2.75, 3.05) is 60.0 Å². The summed E-state index contributed by atoms with van der Waals surface area (Å²) in [5, 5.41) is 73.4. The Labute approximate surface area is 361 Å². The SMILES string of the molecule is CNCO[C@]1(CNCNC[C@H](C)O)Cc2c3c(c4c(c2O[C@@H]1c1cc(CCCO)c(O)c(OCCO)c1)CC[C@H](CO)O4)-c1ccc(O)cc1[C@@H](Cc1ccc2[nH]ccc2c1)C3. The lowest BCUT2D eigenvalue weighted by atomic mass is 9.70. The van der Waals surface area contributed by atoms with Crippen LogP contribution in [0.25, 0.3) is 22.0 Å². The van der Waals surface area contributed by atoms with E-state index in [1.165, 1.54) is 5.56 Å². The molecular formula is C48H60N4O10. The molecule has 0 unspecified atom stereocenters. The fraction of sp³-hybridized carbons (Fsp3) is 0.458. The van der Waals surface area contributed by atoms with Gasteiger partial charge in [-0.05, 0) is 140 Å². The summed E-state index contributed by atoms with van der Waals surface area (Å²) in [6, 6.07) is 17.8. The highest BCUT2D eigenvalue weighted by atomic mass is 16.6. The molecule has 8 rings (SSSR count). The van der Waals surface area contributed by atoms with Crippen molar-refractivity contribution in [1.82, 2.24) is 20.9 Å². The largest absolute Gasteiger partial charge is 0.508 e. The number of hydrogen-bond donors (Lipinski definition) is 10. The molecule has 0 radical (unpaired) electrons. The highest BCUT2D eigenvalue weighted by molar-refractivity contribution is 5.85. The number of H-pyrrole nitrogens is 1. The van der Waals surface area contributed by atoms with Gasteiger partial charge in [-0.2, -0.15) is 0 Å². The van der Waals surface area contributed by atoms with Gasteiger partial charge < -0.3 is 65.2 Å². The van der Waals surface area contributed by atoms with Crippen molar-refractivity contribution >= 4 is 10.9 Å². The van der Waals surface area contributed by atoms with Crippen molar-refractivity contribution in [3.8, 4) is 39.9 Å². The van der Waals surface area contributed by atoms with Crippen molar-refractivity contribution in [2.45, 2.75) is 81.7 Å². The van der Waals surface area contributed by atoms with Crippen LogP contribution in [0.15, 0.2) is 60.8 Å². The summed E-state index contributed by atoms with van der Waals surface area (Å²) < 4.78 is 27.1. The number of aryl methyl sites for hydroxylation is 1. The van der Waals surface area contributed by atoms with Gasteiger partial charge in [0.05, 0.1) is 26.0 Å². The number of rotatable bonds is 19. The summed E-state index contributed by atoms with van der Waals surface area (Å²) in [6.45, 7) is 2.48. The molecule has 0 fully saturated rings. The van der Waals surface area contributed by atoms with Gasteiger partial charge in [-0.1, -0.05) is 12.1 Å². The van der Waals surface area contributed by atoms with Crippen molar-refractivity contribution < 1.29 is 49.6 Å². The Morgan fingerprint density at radius 1 is 0.952 bits per heavy atom. The molecule has 5 aromatic rings. The lowest BCUT2D eigenvalue weighted by Crippen LogP contribution is -2.56. The number of hydrogen-bond acceptors (Lipinski definition) is 13. The van der Waals surface area contributed by atoms with Gasteiger partial charge in [0.15, 0.2) is 17.6 Å². The Hall–Kier alpha value is -4.90. The molecule has 1 aromatic heterocycles. The summed E-state index contributed by atoms with van der Waals surface area (Å²) in [5.41, 5.74) is 8.30. The second kappa shape index (κ2) is 19.2. The summed E-state index contributed by atoms with van der Waals surface area (Å²) in [7, 11) is 1.82. The number of phenolic OH excluding ortho intramolecular Hbond substituents is 2. The third kappa shape index (κ3) is 8.84. The second-order valence-electron chi connectivity index (χ2n) is 16.9. The first kappa shape index (κ1) is 43.7. The molecule has 0 spiro atoms. The van der Waals surface area contributed by atoms with Crippen molar-refractivity contribution in [2.24, 2.45) is 0 Å². The number of aliphatic hydroxyl groups excluding tert-OH is 4. The van der Waals surface area contributed by atoms with E-state index < -0.39 is 23.9 Å². The number of aromatic nitrogens is 1. The van der Waals surface area contributed by atoms with Crippen LogP contribution in [0, 0.1) is 0 Å². The van der Waals surface area contributed by atoms with Gasteiger partial charge in [0, 0.05) is 61.2 Å². The normalized spacial score (nSPS) is 20.7. The molecule has 0 saturated carbocycles. The van der Waals surface area contributed by atoms with E-state index in [1.54, 1.807) is 19.1 Å². The number of phenols is 2. The highest BCUT2D eigenvalue weighted by Crippen LogP contribution is 2.58. The van der Waals surface area contributed by atoms with Crippen LogP contribution in [0.5, 0.6) is 28.7 Å². The zero-order valence-corrected chi connectivity index (χ0v) is 35.5. The molecule has 3 heterocycles. The first-order valence-electron chi connectivity index (χ1n) is 21.8. The molecule has 2 aliphatic heterocycles. The van der Waals surface area contributed by atoms with E-state index in [0.717, 1.165) is 44.3 Å². The predicted octanol–water partition coefficient (Wildman–Crippen LogP) is 4.24. The Morgan fingerprint density at radius 2 is 1.82 bits per heavy atom. The maximum atomic E-state index is 11.4. The molecule has 5 atom stereocenters. The van der Waals surface area contributed by atoms with E-state index >= 15 is 0 Å². The first-order valence-corrected chi connectivity index (χ1v) is 21.8. The minimum Gasteiger partial charge on any atom is -0.508 e. The number of fused-ring (bicyclic) bond motifs is 9. The minimum absolute atomic E-state index is 0.0223. The number of aromatic hydroxyl groups is 2. The number of nitrogens with one attached hydrogen (secondary N) is 4. The van der Waals surface area contributed by atoms with Crippen LogP contribution in [-0.4, -0.2) is 113 Å². The lowest BCUT2D eigenvalue weighted by Gasteiger charge is -2.47. The molecule has 4 aromatic carbocycles. The number of benzene rings is 4. The maximum Gasteiger partial charge on any atom is 0.161 e. The fourth-order valence-corrected chi connectivity index (χ4v) is 9.63. The summed E-state index contributed by atoms with van der Waals surface area (Å²) in [6.07, 6.45) is 3.90. The third-order valence-corrected chi connectivity index (χ3v) is 12.5. The van der Waals surface area contributed by atoms with E-state index in [1.807, 2.05) is 31.4 Å². The van der Waals surface area contributed by atoms with Gasteiger partial charge in [-0.15, -0.1) is 0 Å². The van der Waals surface area contributed by atoms with Crippen LogP contribution >= 0.6 is 0 Å². The number of ether oxygens (including phenoxy) is 4. The fourth-order valence-electron chi connectivity index (χ4n) is 9.63. The summed E-state index contributed by atoms with van der Waals surface area (Å²) >= 11 is 0. The van der Waals surface area contributed by atoms with E-state index in [4.69, 9.17) is 18.9 Å². The molecule has 0 bridgehead atoms. The van der Waals surface area contributed by atoms with Gasteiger partial charge in [0.1, 0.15) is 35.6 Å². The summed E-state index contributed by atoms with van der Waals surface area (Å²) in [5.74, 6) is 1.67. The third-order valence-electron chi connectivity index (χ3n) is 12.5. The average Bonchev–Trinajstić information content (AvgIpc) is 3.75. The zero-order valence-electron chi connectivity index (χ0n) is 35.5. The molecule has 14 nitrogen and oxygen atoms in total. The quantitative estimate of drug-likeness (QED) is 0.0417. The molecule has 332 valence electrons. The lowest BCUT2D eigenvalue weighted by molar-refractivity contribution is -0.129. The van der Waals surface area contributed by atoms with Gasteiger partial charge in [0.25, 0.3) is 0 Å². The molecule has 3 aliphatic rings. The van der Waals surface area contributed by atoms with E-state index in [9.17, 15) is 30.6 Å². The van der Waals surface area contributed by atoms with Crippen molar-refractivity contribution in [3.63, 3.8) is 0 Å². The van der Waals surface area contributed by atoms with Gasteiger partial charge in [-0.3, -0.25) is 5.32 Å². The number of aromatic amines is 1. The topological polar surface area (TPSA) is 210 Å². The second-order valence-corrected chi connectivity index (χ2v) is 16.9. The van der Waals surface area contributed by atoms with E-state index in [-0.39, 0.29) is 56.3 Å². The van der Waals surface area contributed by atoms with Crippen molar-refractivity contribution in [1.29, 1.82) is 0 Å². The molecule has 14 heteroatoms. The Bertz CT molecular complexity index is 2320. The highest BCUT2D eigenvalue weighted by Gasteiger charge is 2.50. The Morgan fingerprint density at radius 3 is 2.61 bits per heavy atom. The van der Waals surface area contributed by atoms with Gasteiger partial charge in [-0.25, -0.2) is 0 Å². The van der Waals surface area contributed by atoms with Crippen LogP contribution in [0.3, 0.4) is 0 Å². The van der Waals surface area contributed by atoms with Crippen LogP contribution in [0.4, 0.5) is 0 Å². The standard InChI is InChI=1S/C48H60N4O10/c1-28(56)23-50-26-51-25-48(60-27-49-2)22-40-39-19-32(17-29-5-10-41-30(16-29)11-12-52-41)38-21-34(57)6-8-36(38)43(39)46-37(9-7-35(24-55)61-46)45(40)62-47(48)33-18-31(4-3-13-53)44(58)42(20-33)59-15-14-54/h5-6,8,10-12,16,18,20-21,28,32,35,47,49-58H,3-4,7,9,13-15,17,19,22-27H2,1-2H3/t28-,32-,35+,47+,48-/m0/s1. The van der Waals surface area contributed by atoms with Crippen LogP contribution in [-0.2, 0) is 36.8 Å². The molecule has 0 saturated heterocycles. The van der Waals surface area contributed by atoms with Gasteiger partial charge in [0.2, 0.25) is 0 Å². The molecule has 10 N–H and O–H groups in total. The Kier molecular flexibility index (Phi) is 13.6. The average molecular weight is 853 g/mol. The monoisotopic (exact) mass is 852 g/mol. The first-order chi connectivity index (χ1) is 30.2. The molecule has 1 aliphatic carbocycles. The van der Waals surface area contributed by atoms with E-state index in [0.29, 0.717) is 87.3 Å².